The van der Waals surface area contributed by atoms with Gasteiger partial charge in [0.15, 0.2) is 11.4 Å². The van der Waals surface area contributed by atoms with Gasteiger partial charge in [0.1, 0.15) is 0 Å². The molecule has 0 saturated heterocycles. The SMILES string of the molecule is CC(C)c1cccc2c(NS(C)(=O)=O)noc12. The molecule has 0 fully saturated rings. The molecule has 2 rings (SSSR count). The van der Waals surface area contributed by atoms with Crippen LogP contribution in [0.3, 0.4) is 0 Å². The van der Waals surface area contributed by atoms with Crippen molar-refractivity contribution in [3.05, 3.63) is 23.8 Å². The van der Waals surface area contributed by atoms with Crippen molar-refractivity contribution in [2.24, 2.45) is 0 Å². The first-order valence-corrected chi connectivity index (χ1v) is 7.13. The van der Waals surface area contributed by atoms with Crippen molar-refractivity contribution in [1.29, 1.82) is 0 Å². The summed E-state index contributed by atoms with van der Waals surface area (Å²) in [4.78, 5) is 0. The lowest BCUT2D eigenvalue weighted by Crippen LogP contribution is -2.09. The minimum atomic E-state index is -3.34. The number of benzene rings is 1. The van der Waals surface area contributed by atoms with Crippen molar-refractivity contribution in [3.63, 3.8) is 0 Å². The van der Waals surface area contributed by atoms with Gasteiger partial charge >= 0.3 is 0 Å². The predicted octanol–water partition coefficient (Wildman–Crippen LogP) is 2.32. The van der Waals surface area contributed by atoms with Crippen molar-refractivity contribution in [2.75, 3.05) is 11.0 Å². The summed E-state index contributed by atoms with van der Waals surface area (Å²) in [6.07, 6.45) is 1.08. The van der Waals surface area contributed by atoms with Gasteiger partial charge in [0, 0.05) is 5.56 Å². The van der Waals surface area contributed by atoms with Gasteiger partial charge in [-0.25, -0.2) is 8.42 Å². The normalized spacial score (nSPS) is 12.2. The van der Waals surface area contributed by atoms with Crippen LogP contribution in [0.1, 0.15) is 25.3 Å². The Morgan fingerprint density at radius 1 is 1.35 bits per heavy atom. The van der Waals surface area contributed by atoms with Crippen LogP contribution in [0.25, 0.3) is 11.0 Å². The molecule has 0 unspecified atom stereocenters. The highest BCUT2D eigenvalue weighted by atomic mass is 32.2. The fourth-order valence-corrected chi connectivity index (χ4v) is 2.19. The number of hydrogen-bond acceptors (Lipinski definition) is 4. The van der Waals surface area contributed by atoms with Crippen LogP contribution in [0, 0.1) is 0 Å². The number of sulfonamides is 1. The van der Waals surface area contributed by atoms with Crippen molar-refractivity contribution >= 4 is 26.8 Å². The summed E-state index contributed by atoms with van der Waals surface area (Å²) < 4.78 is 29.9. The van der Waals surface area contributed by atoms with Crippen LogP contribution in [0.4, 0.5) is 5.82 Å². The quantitative estimate of drug-likeness (QED) is 0.912. The Hall–Kier alpha value is -1.56. The molecule has 0 aliphatic heterocycles. The molecule has 6 heteroatoms. The smallest absolute Gasteiger partial charge is 0.231 e. The molecule has 0 spiro atoms. The van der Waals surface area contributed by atoms with Crippen LogP contribution in [-0.4, -0.2) is 19.8 Å². The van der Waals surface area contributed by atoms with Crippen molar-refractivity contribution in [1.82, 2.24) is 5.16 Å². The van der Waals surface area contributed by atoms with Crippen molar-refractivity contribution < 1.29 is 12.9 Å². The first-order chi connectivity index (χ1) is 7.88. The average molecular weight is 254 g/mol. The second-order valence-electron chi connectivity index (χ2n) is 4.28. The molecule has 1 aromatic carbocycles. The number of rotatable bonds is 3. The highest BCUT2D eigenvalue weighted by Crippen LogP contribution is 2.30. The highest BCUT2D eigenvalue weighted by molar-refractivity contribution is 7.92. The number of nitrogens with one attached hydrogen (secondary N) is 1. The molecule has 0 amide bonds. The molecular formula is C11H14N2O3S. The summed E-state index contributed by atoms with van der Waals surface area (Å²) in [5.74, 6) is 0.530. The second kappa shape index (κ2) is 4.03. The van der Waals surface area contributed by atoms with E-state index in [9.17, 15) is 8.42 Å². The Balaban J connectivity index is 2.59. The van der Waals surface area contributed by atoms with E-state index in [2.05, 4.69) is 9.88 Å². The maximum atomic E-state index is 11.2. The first-order valence-electron chi connectivity index (χ1n) is 5.24. The predicted molar refractivity (Wildman–Crippen MR) is 66.6 cm³/mol. The van der Waals surface area contributed by atoms with E-state index in [0.717, 1.165) is 11.8 Å². The van der Waals surface area contributed by atoms with Gasteiger partial charge in [-0.05, 0) is 12.0 Å². The summed E-state index contributed by atoms with van der Waals surface area (Å²) >= 11 is 0. The number of nitrogens with zero attached hydrogens (tertiary/aromatic N) is 1. The van der Waals surface area contributed by atoms with Crippen LogP contribution in [0.2, 0.25) is 0 Å². The molecule has 2 aromatic rings. The number of anilines is 1. The molecule has 0 atom stereocenters. The van der Waals surface area contributed by atoms with Gasteiger partial charge in [0.05, 0.1) is 11.6 Å². The van der Waals surface area contributed by atoms with E-state index in [-0.39, 0.29) is 11.7 Å². The molecule has 0 aliphatic carbocycles. The number of hydrogen-bond donors (Lipinski definition) is 1. The molecule has 0 bridgehead atoms. The Kier molecular flexibility index (Phi) is 2.82. The van der Waals surface area contributed by atoms with Crippen molar-refractivity contribution in [3.8, 4) is 0 Å². The molecule has 0 radical (unpaired) electrons. The first kappa shape index (κ1) is 11.9. The lowest BCUT2D eigenvalue weighted by atomic mass is 10.0. The third-order valence-corrected chi connectivity index (χ3v) is 3.00. The summed E-state index contributed by atoms with van der Waals surface area (Å²) in [5, 5.41) is 4.44. The van der Waals surface area contributed by atoms with Crippen LogP contribution in [-0.2, 0) is 10.0 Å². The van der Waals surface area contributed by atoms with Gasteiger partial charge in [-0.15, -0.1) is 0 Å². The molecule has 1 heterocycles. The number of para-hydroxylation sites is 1. The summed E-state index contributed by atoms with van der Waals surface area (Å²) in [6, 6.07) is 5.59. The zero-order valence-electron chi connectivity index (χ0n) is 9.89. The Morgan fingerprint density at radius 3 is 2.65 bits per heavy atom. The maximum Gasteiger partial charge on any atom is 0.231 e. The average Bonchev–Trinajstić information content (AvgIpc) is 2.59. The largest absolute Gasteiger partial charge is 0.354 e. The number of fused-ring (bicyclic) bond motifs is 1. The van der Waals surface area contributed by atoms with Gasteiger partial charge in [0.25, 0.3) is 0 Å². The summed E-state index contributed by atoms with van der Waals surface area (Å²) in [6.45, 7) is 4.09. The fraction of sp³-hybridized carbons (Fsp3) is 0.364. The van der Waals surface area contributed by atoms with Gasteiger partial charge in [-0.3, -0.25) is 4.72 Å². The third-order valence-electron chi connectivity index (χ3n) is 2.43. The molecular weight excluding hydrogens is 240 g/mol. The lowest BCUT2D eigenvalue weighted by Gasteiger charge is -2.04. The molecule has 0 saturated carbocycles. The van der Waals surface area contributed by atoms with E-state index in [0.29, 0.717) is 11.0 Å². The third kappa shape index (κ3) is 2.41. The molecule has 5 nitrogen and oxygen atoms in total. The van der Waals surface area contributed by atoms with Gasteiger partial charge in [-0.1, -0.05) is 31.1 Å². The second-order valence-corrected chi connectivity index (χ2v) is 6.03. The van der Waals surface area contributed by atoms with E-state index in [4.69, 9.17) is 4.52 Å². The molecule has 92 valence electrons. The fourth-order valence-electron chi connectivity index (χ4n) is 1.69. The van der Waals surface area contributed by atoms with Crippen LogP contribution >= 0.6 is 0 Å². The molecule has 17 heavy (non-hydrogen) atoms. The maximum absolute atomic E-state index is 11.2. The Labute approximate surface area is 99.8 Å². The Bertz CT molecular complexity index is 644. The van der Waals surface area contributed by atoms with Crippen molar-refractivity contribution in [2.45, 2.75) is 19.8 Å². The minimum absolute atomic E-state index is 0.241. The summed E-state index contributed by atoms with van der Waals surface area (Å²) in [7, 11) is -3.34. The van der Waals surface area contributed by atoms with E-state index >= 15 is 0 Å². The zero-order chi connectivity index (χ0) is 12.6. The lowest BCUT2D eigenvalue weighted by molar-refractivity contribution is 0.456. The van der Waals surface area contributed by atoms with Gasteiger partial charge in [0.2, 0.25) is 10.0 Å². The van der Waals surface area contributed by atoms with Gasteiger partial charge < -0.3 is 4.52 Å². The topological polar surface area (TPSA) is 72.2 Å². The van der Waals surface area contributed by atoms with Crippen LogP contribution in [0.15, 0.2) is 22.7 Å². The van der Waals surface area contributed by atoms with Crippen LogP contribution < -0.4 is 4.72 Å². The molecule has 1 N–H and O–H groups in total. The summed E-state index contributed by atoms with van der Waals surface area (Å²) in [5.41, 5.74) is 1.64. The standard InChI is InChI=1S/C11H14N2O3S/c1-7(2)8-5-4-6-9-10(8)16-12-11(9)13-17(3,14)15/h4-7H,1-3H3,(H,12,13). The van der Waals surface area contributed by atoms with Crippen LogP contribution in [0.5, 0.6) is 0 Å². The van der Waals surface area contributed by atoms with E-state index < -0.39 is 10.0 Å². The Morgan fingerprint density at radius 2 is 2.06 bits per heavy atom. The molecule has 0 aliphatic rings. The van der Waals surface area contributed by atoms with E-state index in [1.807, 2.05) is 26.0 Å². The minimum Gasteiger partial charge on any atom is -0.354 e. The monoisotopic (exact) mass is 254 g/mol. The van der Waals surface area contributed by atoms with E-state index in [1.165, 1.54) is 0 Å². The number of aromatic nitrogens is 1. The molecule has 1 aromatic heterocycles. The van der Waals surface area contributed by atoms with E-state index in [1.54, 1.807) is 6.07 Å². The zero-order valence-corrected chi connectivity index (χ0v) is 10.7. The highest BCUT2D eigenvalue weighted by Gasteiger charge is 2.15. The van der Waals surface area contributed by atoms with Gasteiger partial charge in [-0.2, -0.15) is 0 Å².